The smallest absolute Gasteiger partial charge is 0.0622 e. The molecule has 2 heteroatoms. The molecule has 0 aliphatic heterocycles. The van der Waals surface area contributed by atoms with E-state index in [2.05, 4.69) is 51.5 Å². The first-order chi connectivity index (χ1) is 7.86. The van der Waals surface area contributed by atoms with Gasteiger partial charge in [0.25, 0.3) is 0 Å². The van der Waals surface area contributed by atoms with E-state index in [-0.39, 0.29) is 6.04 Å². The molecule has 0 radical (unpaired) electrons. The molecule has 2 N–H and O–H groups in total. The van der Waals surface area contributed by atoms with E-state index in [9.17, 15) is 0 Å². The fourth-order valence-electron chi connectivity index (χ4n) is 1.81. The fourth-order valence-corrected chi connectivity index (χ4v) is 1.81. The largest absolute Gasteiger partial charge is 0.390 e. The van der Waals surface area contributed by atoms with E-state index in [1.165, 1.54) is 12.8 Å². The second-order valence-corrected chi connectivity index (χ2v) is 5.53. The van der Waals surface area contributed by atoms with Crippen LogP contribution in [0.25, 0.3) is 0 Å². The van der Waals surface area contributed by atoms with E-state index in [0.29, 0.717) is 5.92 Å². The molecular weight excluding hydrogens is 208 g/mol. The van der Waals surface area contributed by atoms with Gasteiger partial charge < -0.3 is 10.6 Å². The molecule has 2 unspecified atom stereocenters. The topological polar surface area (TPSA) is 24.1 Å². The van der Waals surface area contributed by atoms with Gasteiger partial charge in [-0.25, -0.2) is 0 Å². The lowest BCUT2D eigenvalue weighted by atomic mass is 9.95. The zero-order chi connectivity index (χ0) is 13.4. The molecule has 0 aliphatic carbocycles. The zero-order valence-electron chi connectivity index (χ0n) is 12.3. The Labute approximate surface area is 108 Å². The molecule has 2 atom stereocenters. The fraction of sp³-hybridized carbons (Fsp3) is 0.733. The Morgan fingerprint density at radius 2 is 1.65 bits per heavy atom. The van der Waals surface area contributed by atoms with Gasteiger partial charge >= 0.3 is 0 Å². The van der Waals surface area contributed by atoms with Crippen molar-refractivity contribution in [2.24, 2.45) is 11.8 Å². The summed E-state index contributed by atoms with van der Waals surface area (Å²) in [5, 5.41) is 6.46. The van der Waals surface area contributed by atoms with Crippen molar-refractivity contribution in [1.29, 1.82) is 0 Å². The van der Waals surface area contributed by atoms with Crippen LogP contribution in [0.5, 0.6) is 0 Å². The second-order valence-electron chi connectivity index (χ2n) is 5.53. The number of allylic oxidation sites excluding steroid dienone is 1. The summed E-state index contributed by atoms with van der Waals surface area (Å²) in [4.78, 5) is 0. The maximum atomic E-state index is 4.10. The predicted molar refractivity (Wildman–Crippen MR) is 77.8 cm³/mol. The van der Waals surface area contributed by atoms with Gasteiger partial charge in [0.05, 0.1) is 6.04 Å². The van der Waals surface area contributed by atoms with Gasteiger partial charge in [0, 0.05) is 18.4 Å². The minimum Gasteiger partial charge on any atom is -0.390 e. The van der Waals surface area contributed by atoms with Crippen LogP contribution in [-0.4, -0.2) is 13.1 Å². The van der Waals surface area contributed by atoms with E-state index in [0.717, 1.165) is 23.7 Å². The molecule has 0 saturated heterocycles. The minimum absolute atomic E-state index is 0.241. The maximum Gasteiger partial charge on any atom is 0.0622 e. The number of nitrogens with one attached hydrogen (secondary N) is 2. The second kappa shape index (κ2) is 8.21. The quantitative estimate of drug-likeness (QED) is 0.640. The molecule has 0 bridgehead atoms. The van der Waals surface area contributed by atoms with Gasteiger partial charge in [-0.3, -0.25) is 0 Å². The standard InChI is InChI=1S/C15H30N2/c1-11(2)8-9-12(3)10-13(4)17-15(6)14(5)16-7/h11-12,15-17H,4-5,8-10H2,1-3,6-7H3. The molecule has 100 valence electrons. The highest BCUT2D eigenvalue weighted by Crippen LogP contribution is 2.17. The van der Waals surface area contributed by atoms with Gasteiger partial charge in [-0.15, -0.1) is 0 Å². The van der Waals surface area contributed by atoms with Gasteiger partial charge in [0.15, 0.2) is 0 Å². The normalized spacial score (nSPS) is 14.2. The van der Waals surface area contributed by atoms with Gasteiger partial charge in [-0.2, -0.15) is 0 Å². The van der Waals surface area contributed by atoms with Crippen molar-refractivity contribution in [3.8, 4) is 0 Å². The lowest BCUT2D eigenvalue weighted by molar-refractivity contribution is 0.437. The number of likely N-dealkylation sites (N-methyl/N-ethyl adjacent to an activating group) is 1. The summed E-state index contributed by atoms with van der Waals surface area (Å²) in [6, 6.07) is 0.241. The van der Waals surface area contributed by atoms with Gasteiger partial charge in [0.1, 0.15) is 0 Å². The SMILES string of the molecule is C=C(CC(C)CCC(C)C)NC(C)C(=C)NC. The molecule has 0 heterocycles. The molecular formula is C15H30N2. The van der Waals surface area contributed by atoms with Crippen molar-refractivity contribution in [1.82, 2.24) is 10.6 Å². The molecule has 0 aliphatic rings. The molecule has 2 nitrogen and oxygen atoms in total. The Kier molecular flexibility index (Phi) is 7.77. The Morgan fingerprint density at radius 3 is 2.12 bits per heavy atom. The zero-order valence-corrected chi connectivity index (χ0v) is 12.3. The van der Waals surface area contributed by atoms with Crippen LogP contribution in [0.3, 0.4) is 0 Å². The van der Waals surface area contributed by atoms with E-state index in [1.54, 1.807) is 0 Å². The van der Waals surface area contributed by atoms with E-state index < -0.39 is 0 Å². The molecule has 0 spiro atoms. The van der Waals surface area contributed by atoms with Crippen LogP contribution in [0.4, 0.5) is 0 Å². The highest BCUT2D eigenvalue weighted by molar-refractivity contribution is 5.06. The first-order valence-corrected chi connectivity index (χ1v) is 6.67. The van der Waals surface area contributed by atoms with Crippen molar-refractivity contribution in [2.45, 2.75) is 53.0 Å². The van der Waals surface area contributed by atoms with E-state index in [4.69, 9.17) is 0 Å². The van der Waals surface area contributed by atoms with Crippen LogP contribution in [0, 0.1) is 11.8 Å². The van der Waals surface area contributed by atoms with Gasteiger partial charge in [-0.1, -0.05) is 46.8 Å². The van der Waals surface area contributed by atoms with Crippen molar-refractivity contribution in [2.75, 3.05) is 7.05 Å². The van der Waals surface area contributed by atoms with Crippen molar-refractivity contribution >= 4 is 0 Å². The summed E-state index contributed by atoms with van der Waals surface area (Å²) >= 11 is 0. The molecule has 0 saturated carbocycles. The highest BCUT2D eigenvalue weighted by Gasteiger charge is 2.09. The third-order valence-corrected chi connectivity index (χ3v) is 3.10. The predicted octanol–water partition coefficient (Wildman–Crippen LogP) is 3.67. The summed E-state index contributed by atoms with van der Waals surface area (Å²) in [7, 11) is 1.90. The van der Waals surface area contributed by atoms with Crippen LogP contribution in [0.15, 0.2) is 24.6 Å². The maximum absolute atomic E-state index is 4.10. The average Bonchev–Trinajstić information content (AvgIpc) is 2.24. The summed E-state index contributed by atoms with van der Waals surface area (Å²) in [5.74, 6) is 1.49. The van der Waals surface area contributed by atoms with Crippen LogP contribution in [0.1, 0.15) is 47.0 Å². The third-order valence-electron chi connectivity index (χ3n) is 3.10. The number of hydrogen-bond donors (Lipinski definition) is 2. The summed E-state index contributed by atoms with van der Waals surface area (Å²) < 4.78 is 0. The Morgan fingerprint density at radius 1 is 1.06 bits per heavy atom. The van der Waals surface area contributed by atoms with Crippen LogP contribution < -0.4 is 10.6 Å². The average molecular weight is 238 g/mol. The molecule has 0 aromatic rings. The molecule has 0 aromatic carbocycles. The lowest BCUT2D eigenvalue weighted by Gasteiger charge is -2.21. The van der Waals surface area contributed by atoms with Crippen LogP contribution in [0.2, 0.25) is 0 Å². The van der Waals surface area contributed by atoms with Crippen molar-refractivity contribution in [3.05, 3.63) is 24.6 Å². The lowest BCUT2D eigenvalue weighted by Crippen LogP contribution is -2.32. The third kappa shape index (κ3) is 7.89. The molecule has 0 aromatic heterocycles. The van der Waals surface area contributed by atoms with E-state index in [1.807, 2.05) is 7.05 Å². The van der Waals surface area contributed by atoms with Crippen molar-refractivity contribution in [3.63, 3.8) is 0 Å². The van der Waals surface area contributed by atoms with Gasteiger partial charge in [-0.05, 0) is 25.2 Å². The number of rotatable bonds is 9. The molecule has 17 heavy (non-hydrogen) atoms. The minimum atomic E-state index is 0.241. The van der Waals surface area contributed by atoms with Crippen LogP contribution >= 0.6 is 0 Å². The number of hydrogen-bond acceptors (Lipinski definition) is 2. The summed E-state index contributed by atoms with van der Waals surface area (Å²) in [6.07, 6.45) is 3.63. The molecule has 0 rings (SSSR count). The Bertz CT molecular complexity index is 243. The highest BCUT2D eigenvalue weighted by atomic mass is 15.0. The van der Waals surface area contributed by atoms with E-state index >= 15 is 0 Å². The van der Waals surface area contributed by atoms with Crippen LogP contribution in [-0.2, 0) is 0 Å². The Balaban J connectivity index is 3.89. The summed E-state index contributed by atoms with van der Waals surface area (Å²) in [5.41, 5.74) is 2.12. The van der Waals surface area contributed by atoms with Crippen molar-refractivity contribution < 1.29 is 0 Å². The first kappa shape index (κ1) is 16.1. The first-order valence-electron chi connectivity index (χ1n) is 6.67. The molecule has 0 amide bonds. The molecule has 0 fully saturated rings. The van der Waals surface area contributed by atoms with Gasteiger partial charge in [0.2, 0.25) is 0 Å². The monoisotopic (exact) mass is 238 g/mol. The summed E-state index contributed by atoms with van der Waals surface area (Å²) in [6.45, 7) is 17.0. The Hall–Kier alpha value is -0.920.